The molecule has 1 aromatic rings. The molecule has 0 bridgehead atoms. The van der Waals surface area contributed by atoms with Crippen molar-refractivity contribution in [3.05, 3.63) is 29.6 Å². The van der Waals surface area contributed by atoms with E-state index >= 15 is 0 Å². The number of halogens is 3. The molecule has 0 aliphatic heterocycles. The molecule has 0 aromatic carbocycles. The summed E-state index contributed by atoms with van der Waals surface area (Å²) in [6.45, 7) is 1.72. The largest absolute Gasteiger partial charge is 0.381 e. The van der Waals surface area contributed by atoms with E-state index in [-0.39, 0.29) is 5.56 Å². The highest BCUT2D eigenvalue weighted by Gasteiger charge is 2.36. The van der Waals surface area contributed by atoms with Gasteiger partial charge in [0, 0.05) is 17.5 Å². The number of rotatable bonds is 2. The quantitative estimate of drug-likeness (QED) is 0.755. The van der Waals surface area contributed by atoms with Gasteiger partial charge in [0.25, 0.3) is 0 Å². The molecular formula is C8H8ClF2NO. The average Bonchev–Trinajstić information content (AvgIpc) is 2.03. The summed E-state index contributed by atoms with van der Waals surface area (Å²) < 4.78 is 24.8. The summed E-state index contributed by atoms with van der Waals surface area (Å²) in [5, 5.41) is 5.37. The number of aryl methyl sites for hydroxylation is 1. The van der Waals surface area contributed by atoms with Crippen LogP contribution in [-0.2, 0) is 0 Å². The molecule has 5 heteroatoms. The summed E-state index contributed by atoms with van der Waals surface area (Å²) in [7, 11) is 0. The molecule has 0 aliphatic carbocycles. The van der Waals surface area contributed by atoms with E-state index in [0.29, 0.717) is 5.69 Å². The standard InChI is InChI=1S/C8H8ClF2NO/c1-5-2-3-6(4-12-5)7(13)8(9,10)11/h2-4,7,13H,1H3. The molecule has 0 amide bonds. The molecule has 72 valence electrons. The minimum absolute atomic E-state index is 0.00519. The SMILES string of the molecule is Cc1ccc(C(O)C(F)(F)Cl)cn1. The average molecular weight is 208 g/mol. The second-order valence-electron chi connectivity index (χ2n) is 2.68. The predicted octanol–water partition coefficient (Wildman–Crippen LogP) is 2.26. The van der Waals surface area contributed by atoms with Gasteiger partial charge >= 0.3 is 5.38 Å². The van der Waals surface area contributed by atoms with Crippen LogP contribution < -0.4 is 0 Å². The van der Waals surface area contributed by atoms with Crippen LogP contribution in [0.4, 0.5) is 8.78 Å². The van der Waals surface area contributed by atoms with Crippen LogP contribution in [0.3, 0.4) is 0 Å². The van der Waals surface area contributed by atoms with Gasteiger partial charge in [-0.05, 0) is 24.6 Å². The second-order valence-corrected chi connectivity index (χ2v) is 3.18. The van der Waals surface area contributed by atoms with Gasteiger partial charge in [-0.3, -0.25) is 4.98 Å². The van der Waals surface area contributed by atoms with E-state index in [2.05, 4.69) is 16.6 Å². The minimum Gasteiger partial charge on any atom is -0.381 e. The maximum Gasteiger partial charge on any atom is 0.351 e. The Morgan fingerprint density at radius 1 is 1.54 bits per heavy atom. The zero-order valence-electron chi connectivity index (χ0n) is 6.84. The molecule has 1 rings (SSSR count). The molecule has 1 N–H and O–H groups in total. The molecule has 0 radical (unpaired) electrons. The molecule has 1 heterocycles. The van der Waals surface area contributed by atoms with Gasteiger partial charge < -0.3 is 5.11 Å². The van der Waals surface area contributed by atoms with Crippen molar-refractivity contribution in [3.8, 4) is 0 Å². The number of pyridine rings is 1. The van der Waals surface area contributed by atoms with Crippen molar-refractivity contribution < 1.29 is 13.9 Å². The topological polar surface area (TPSA) is 33.1 Å². The Bertz CT molecular complexity index is 283. The molecule has 1 unspecified atom stereocenters. The molecule has 2 nitrogen and oxygen atoms in total. The van der Waals surface area contributed by atoms with E-state index in [9.17, 15) is 8.78 Å². The summed E-state index contributed by atoms with van der Waals surface area (Å²) in [4.78, 5) is 3.76. The third kappa shape index (κ3) is 2.60. The fraction of sp³-hybridized carbons (Fsp3) is 0.375. The van der Waals surface area contributed by atoms with E-state index in [1.165, 1.54) is 18.3 Å². The van der Waals surface area contributed by atoms with Gasteiger partial charge in [-0.15, -0.1) is 0 Å². The second kappa shape index (κ2) is 3.55. The highest BCUT2D eigenvalue weighted by molar-refractivity contribution is 6.22. The Hall–Kier alpha value is -0.740. The lowest BCUT2D eigenvalue weighted by molar-refractivity contribution is -0.0426. The Morgan fingerprint density at radius 3 is 2.54 bits per heavy atom. The van der Waals surface area contributed by atoms with Crippen molar-refractivity contribution >= 4 is 11.6 Å². The fourth-order valence-corrected chi connectivity index (χ4v) is 0.956. The zero-order chi connectivity index (χ0) is 10.1. The van der Waals surface area contributed by atoms with Crippen LogP contribution in [0.25, 0.3) is 0 Å². The minimum atomic E-state index is -3.66. The van der Waals surface area contributed by atoms with Gasteiger partial charge in [-0.25, -0.2) is 0 Å². The number of alkyl halides is 3. The lowest BCUT2D eigenvalue weighted by Crippen LogP contribution is -2.18. The number of hydrogen-bond acceptors (Lipinski definition) is 2. The fourth-order valence-electron chi connectivity index (χ4n) is 0.830. The number of aliphatic hydroxyl groups is 1. The highest BCUT2D eigenvalue weighted by Crippen LogP contribution is 2.34. The summed E-state index contributed by atoms with van der Waals surface area (Å²) in [5.74, 6) is 0. The molecule has 0 spiro atoms. The number of aliphatic hydroxyl groups excluding tert-OH is 1. The van der Waals surface area contributed by atoms with Crippen LogP contribution in [0.15, 0.2) is 18.3 Å². The van der Waals surface area contributed by atoms with E-state index in [0.717, 1.165) is 0 Å². The van der Waals surface area contributed by atoms with Crippen LogP contribution in [0.2, 0.25) is 0 Å². The summed E-state index contributed by atoms with van der Waals surface area (Å²) >= 11 is 4.65. The lowest BCUT2D eigenvalue weighted by atomic mass is 10.1. The molecule has 1 aromatic heterocycles. The lowest BCUT2D eigenvalue weighted by Gasteiger charge is -2.15. The van der Waals surface area contributed by atoms with Gasteiger partial charge in [0.15, 0.2) is 6.10 Å². The first-order chi connectivity index (χ1) is 5.91. The predicted molar refractivity (Wildman–Crippen MR) is 44.7 cm³/mol. The summed E-state index contributed by atoms with van der Waals surface area (Å²) in [6.07, 6.45) is -0.835. The van der Waals surface area contributed by atoms with E-state index in [4.69, 9.17) is 5.11 Å². The van der Waals surface area contributed by atoms with Crippen molar-refractivity contribution in [3.63, 3.8) is 0 Å². The van der Waals surface area contributed by atoms with Crippen molar-refractivity contribution in [1.29, 1.82) is 0 Å². The Morgan fingerprint density at radius 2 is 2.15 bits per heavy atom. The Kier molecular flexibility index (Phi) is 2.83. The van der Waals surface area contributed by atoms with Crippen LogP contribution in [0.1, 0.15) is 17.4 Å². The third-order valence-electron chi connectivity index (χ3n) is 1.56. The van der Waals surface area contributed by atoms with Gasteiger partial charge in [0.1, 0.15) is 0 Å². The van der Waals surface area contributed by atoms with Crippen molar-refractivity contribution in [2.45, 2.75) is 18.4 Å². The molecule has 1 atom stereocenters. The Labute approximate surface area is 79.2 Å². The number of aromatic nitrogens is 1. The van der Waals surface area contributed by atoms with Crippen LogP contribution >= 0.6 is 11.6 Å². The summed E-state index contributed by atoms with van der Waals surface area (Å²) in [6, 6.07) is 2.89. The van der Waals surface area contributed by atoms with Crippen molar-refractivity contribution in [2.75, 3.05) is 0 Å². The molecule has 0 fully saturated rings. The van der Waals surface area contributed by atoms with E-state index in [1.807, 2.05) is 0 Å². The molecule has 0 saturated heterocycles. The highest BCUT2D eigenvalue weighted by atomic mass is 35.5. The first-order valence-corrected chi connectivity index (χ1v) is 3.96. The number of hydrogen-bond donors (Lipinski definition) is 1. The smallest absolute Gasteiger partial charge is 0.351 e. The maximum absolute atomic E-state index is 12.4. The van der Waals surface area contributed by atoms with Crippen molar-refractivity contribution in [1.82, 2.24) is 4.98 Å². The monoisotopic (exact) mass is 207 g/mol. The van der Waals surface area contributed by atoms with Crippen molar-refractivity contribution in [2.24, 2.45) is 0 Å². The van der Waals surface area contributed by atoms with Gasteiger partial charge in [-0.1, -0.05) is 6.07 Å². The third-order valence-corrected chi connectivity index (χ3v) is 1.77. The van der Waals surface area contributed by atoms with E-state index in [1.54, 1.807) is 6.92 Å². The first kappa shape index (κ1) is 10.3. The zero-order valence-corrected chi connectivity index (χ0v) is 7.59. The van der Waals surface area contributed by atoms with Crippen LogP contribution in [-0.4, -0.2) is 15.5 Å². The molecule has 0 saturated carbocycles. The van der Waals surface area contributed by atoms with Gasteiger partial charge in [-0.2, -0.15) is 8.78 Å². The van der Waals surface area contributed by atoms with Crippen LogP contribution in [0.5, 0.6) is 0 Å². The summed E-state index contributed by atoms with van der Waals surface area (Å²) in [5.41, 5.74) is 0.694. The van der Waals surface area contributed by atoms with Gasteiger partial charge in [0.05, 0.1) is 0 Å². The maximum atomic E-state index is 12.4. The molecular weight excluding hydrogens is 200 g/mol. The molecule has 0 aliphatic rings. The normalized spacial score (nSPS) is 14.2. The van der Waals surface area contributed by atoms with Crippen LogP contribution in [0, 0.1) is 6.92 Å². The van der Waals surface area contributed by atoms with E-state index < -0.39 is 11.5 Å². The number of nitrogens with zero attached hydrogens (tertiary/aromatic N) is 1. The van der Waals surface area contributed by atoms with Gasteiger partial charge in [0.2, 0.25) is 0 Å². The Balaban J connectivity index is 2.90. The molecule has 13 heavy (non-hydrogen) atoms. The first-order valence-electron chi connectivity index (χ1n) is 3.58.